The minimum absolute atomic E-state index is 0.155. The van der Waals surface area contributed by atoms with Gasteiger partial charge in [0, 0.05) is 42.8 Å². The van der Waals surface area contributed by atoms with Crippen molar-refractivity contribution in [2.45, 2.75) is 19.3 Å². The van der Waals surface area contributed by atoms with Gasteiger partial charge in [-0.15, -0.1) is 5.10 Å². The second-order valence-corrected chi connectivity index (χ2v) is 9.12. The zero-order chi connectivity index (χ0) is 26.6. The van der Waals surface area contributed by atoms with E-state index in [1.807, 2.05) is 55.5 Å². The van der Waals surface area contributed by atoms with E-state index in [1.54, 1.807) is 25.4 Å². The van der Waals surface area contributed by atoms with Gasteiger partial charge in [0.2, 0.25) is 5.56 Å². The highest BCUT2D eigenvalue weighted by atomic mass is 19.1. The summed E-state index contributed by atoms with van der Waals surface area (Å²) in [5.74, 6) is 0.0809. The topological polar surface area (TPSA) is 109 Å². The number of halogens is 1. The first-order valence-corrected chi connectivity index (χ1v) is 12.0. The van der Waals surface area contributed by atoms with Gasteiger partial charge in [-0.3, -0.25) is 4.79 Å². The number of oxime groups is 1. The van der Waals surface area contributed by atoms with Crippen LogP contribution in [0.15, 0.2) is 95.0 Å². The second kappa shape index (κ2) is 10.6. The molecule has 0 saturated heterocycles. The van der Waals surface area contributed by atoms with Gasteiger partial charge < -0.3 is 9.77 Å². The highest BCUT2D eigenvalue weighted by Gasteiger charge is 2.21. The molecule has 0 saturated carbocycles. The van der Waals surface area contributed by atoms with Crippen molar-refractivity contribution in [1.29, 1.82) is 0 Å². The molecule has 8 nitrogen and oxygen atoms in total. The molecule has 5 aromatic rings. The van der Waals surface area contributed by atoms with Gasteiger partial charge in [0.1, 0.15) is 5.82 Å². The second-order valence-electron chi connectivity index (χ2n) is 9.12. The van der Waals surface area contributed by atoms with Crippen molar-refractivity contribution in [3.8, 4) is 22.5 Å². The van der Waals surface area contributed by atoms with Crippen molar-refractivity contribution < 1.29 is 9.60 Å². The number of aromatic amines is 1. The van der Waals surface area contributed by atoms with Crippen LogP contribution in [0.25, 0.3) is 22.5 Å². The summed E-state index contributed by atoms with van der Waals surface area (Å²) in [6, 6.07) is 23.9. The summed E-state index contributed by atoms with van der Waals surface area (Å²) >= 11 is 0. The number of hydrogen-bond acceptors (Lipinski definition) is 6. The molecule has 0 bridgehead atoms. The normalized spacial score (nSPS) is 12.4. The van der Waals surface area contributed by atoms with E-state index in [4.69, 9.17) is 0 Å². The van der Waals surface area contributed by atoms with E-state index < -0.39 is 0 Å². The van der Waals surface area contributed by atoms with E-state index >= 15 is 0 Å². The summed E-state index contributed by atoms with van der Waals surface area (Å²) < 4.78 is 15.4. The Kier molecular flexibility index (Phi) is 6.90. The number of benzene rings is 3. The molecule has 0 aliphatic heterocycles. The average molecular weight is 509 g/mol. The maximum absolute atomic E-state index is 13.9. The highest BCUT2D eigenvalue weighted by molar-refractivity contribution is 6.00. The number of nitrogens with one attached hydrogen (secondary N) is 1. The number of hydrogen-bond donors (Lipinski definition) is 2. The van der Waals surface area contributed by atoms with Crippen LogP contribution in [0.4, 0.5) is 4.39 Å². The fraction of sp³-hybridized carbons (Fsp3) is 0.138. The lowest BCUT2D eigenvalue weighted by molar-refractivity contribution is 0.317. The molecule has 0 aliphatic carbocycles. The Balaban J connectivity index is 1.48. The van der Waals surface area contributed by atoms with Gasteiger partial charge in [0.05, 0.1) is 5.71 Å². The third-order valence-electron chi connectivity index (χ3n) is 6.69. The van der Waals surface area contributed by atoms with Crippen molar-refractivity contribution in [2.24, 2.45) is 12.2 Å². The Hall–Kier alpha value is -4.92. The molecule has 3 aromatic carbocycles. The molecular formula is C29H25FN6O2. The van der Waals surface area contributed by atoms with E-state index in [2.05, 4.69) is 25.8 Å². The first-order chi connectivity index (χ1) is 18.4. The van der Waals surface area contributed by atoms with Crippen LogP contribution in [0.1, 0.15) is 34.6 Å². The molecule has 0 fully saturated rings. The molecule has 38 heavy (non-hydrogen) atoms. The van der Waals surface area contributed by atoms with Crippen molar-refractivity contribution in [2.75, 3.05) is 0 Å². The van der Waals surface area contributed by atoms with E-state index in [0.717, 1.165) is 33.4 Å². The van der Waals surface area contributed by atoms with Crippen LogP contribution >= 0.6 is 0 Å². The Morgan fingerprint density at radius 2 is 1.68 bits per heavy atom. The number of H-pyrrole nitrogens is 1. The largest absolute Gasteiger partial charge is 0.411 e. The lowest BCUT2D eigenvalue weighted by Crippen LogP contribution is -2.18. The molecule has 0 spiro atoms. The van der Waals surface area contributed by atoms with Crippen LogP contribution in [0.2, 0.25) is 0 Å². The molecule has 9 heteroatoms. The number of aromatic nitrogens is 5. The number of pyridine rings is 1. The van der Waals surface area contributed by atoms with Crippen LogP contribution in [-0.4, -0.2) is 36.1 Å². The summed E-state index contributed by atoms with van der Waals surface area (Å²) in [6.07, 6.45) is 1.99. The minimum Gasteiger partial charge on any atom is -0.411 e. The molecule has 1 unspecified atom stereocenters. The first-order valence-electron chi connectivity index (χ1n) is 12.0. The fourth-order valence-electron chi connectivity index (χ4n) is 4.62. The monoisotopic (exact) mass is 508 g/mol. The first kappa shape index (κ1) is 24.8. The zero-order valence-corrected chi connectivity index (χ0v) is 20.8. The van der Waals surface area contributed by atoms with E-state index in [1.165, 1.54) is 22.8 Å². The van der Waals surface area contributed by atoms with Crippen LogP contribution in [0.3, 0.4) is 0 Å². The van der Waals surface area contributed by atoms with Crippen LogP contribution in [-0.2, 0) is 7.05 Å². The smallest absolute Gasteiger partial charge is 0.250 e. The van der Waals surface area contributed by atoms with Gasteiger partial charge in [-0.05, 0) is 63.4 Å². The van der Waals surface area contributed by atoms with E-state index in [0.29, 0.717) is 23.5 Å². The third-order valence-corrected chi connectivity index (χ3v) is 6.69. The van der Waals surface area contributed by atoms with Crippen LogP contribution in [0.5, 0.6) is 0 Å². The standard InChI is InChI=1S/C29H25FN6O2/c1-18-15-24(30)12-13-25(18)26(16-27(33-38)23-11-14-28(37)36(2)17-23)21-7-3-19(4-8-21)20-5-9-22(10-6-20)29-31-34-35-32-29/h3-15,17,26,38H,16H2,1-2H3,(H,31,32,34,35). The van der Waals surface area contributed by atoms with Gasteiger partial charge in [-0.1, -0.05) is 59.8 Å². The van der Waals surface area contributed by atoms with Crippen LogP contribution in [0, 0.1) is 12.7 Å². The number of nitrogens with zero attached hydrogens (tertiary/aromatic N) is 5. The summed E-state index contributed by atoms with van der Waals surface area (Å²) in [6.45, 7) is 1.87. The third kappa shape index (κ3) is 5.12. The lowest BCUT2D eigenvalue weighted by atomic mass is 9.83. The summed E-state index contributed by atoms with van der Waals surface area (Å²) in [5.41, 5.74) is 6.57. The van der Waals surface area contributed by atoms with Crippen molar-refractivity contribution in [1.82, 2.24) is 25.2 Å². The SMILES string of the molecule is Cc1cc(F)ccc1C(CC(=NO)c1ccc(=O)n(C)c1)c1ccc(-c2ccc(-c3nnn[nH]3)cc2)cc1. The number of aryl methyl sites for hydroxylation is 2. The molecule has 190 valence electrons. The van der Waals surface area contributed by atoms with Crippen LogP contribution < -0.4 is 5.56 Å². The van der Waals surface area contributed by atoms with Gasteiger partial charge in [0.25, 0.3) is 0 Å². The average Bonchev–Trinajstić information content (AvgIpc) is 3.47. The molecule has 2 heterocycles. The van der Waals surface area contributed by atoms with Crippen molar-refractivity contribution in [3.63, 3.8) is 0 Å². The highest BCUT2D eigenvalue weighted by Crippen LogP contribution is 2.34. The van der Waals surface area contributed by atoms with E-state index in [9.17, 15) is 14.4 Å². The van der Waals surface area contributed by atoms with E-state index in [-0.39, 0.29) is 17.3 Å². The lowest BCUT2D eigenvalue weighted by Gasteiger charge is -2.21. The molecule has 0 amide bonds. The predicted octanol–water partition coefficient (Wildman–Crippen LogP) is 5.08. The Morgan fingerprint density at radius 1 is 1.00 bits per heavy atom. The molecular weight excluding hydrogens is 483 g/mol. The maximum atomic E-state index is 13.9. The summed E-state index contributed by atoms with van der Waals surface area (Å²) in [7, 11) is 1.65. The Morgan fingerprint density at radius 3 is 2.29 bits per heavy atom. The van der Waals surface area contributed by atoms with Gasteiger partial charge in [0.15, 0.2) is 5.82 Å². The molecule has 1 atom stereocenters. The fourth-order valence-corrected chi connectivity index (χ4v) is 4.62. The maximum Gasteiger partial charge on any atom is 0.250 e. The summed E-state index contributed by atoms with van der Waals surface area (Å²) in [4.78, 5) is 11.9. The van der Waals surface area contributed by atoms with Crippen molar-refractivity contribution >= 4 is 5.71 Å². The van der Waals surface area contributed by atoms with Gasteiger partial charge >= 0.3 is 0 Å². The zero-order valence-electron chi connectivity index (χ0n) is 20.8. The predicted molar refractivity (Wildman–Crippen MR) is 143 cm³/mol. The summed E-state index contributed by atoms with van der Waals surface area (Å²) in [5, 5.41) is 27.4. The van der Waals surface area contributed by atoms with Gasteiger partial charge in [-0.2, -0.15) is 0 Å². The molecule has 2 N–H and O–H groups in total. The minimum atomic E-state index is -0.306. The van der Waals surface area contributed by atoms with Crippen molar-refractivity contribution in [3.05, 3.63) is 123 Å². The number of rotatable bonds is 7. The number of tetrazole rings is 1. The Bertz CT molecular complexity index is 1640. The molecule has 2 aromatic heterocycles. The molecule has 0 radical (unpaired) electrons. The Labute approximate surface area is 218 Å². The van der Waals surface area contributed by atoms with Gasteiger partial charge in [-0.25, -0.2) is 9.49 Å². The molecule has 5 rings (SSSR count). The molecule has 0 aliphatic rings. The quantitative estimate of drug-likeness (QED) is 0.181.